The van der Waals surface area contributed by atoms with Crippen LogP contribution < -0.4 is 5.32 Å². The Balaban J connectivity index is 1.83. The molecular weight excluding hydrogens is 305 g/mol. The number of nitrogens with zero attached hydrogens (tertiary/aromatic N) is 1. The van der Waals surface area contributed by atoms with E-state index in [9.17, 15) is 27.9 Å². The second kappa shape index (κ2) is 5.94. The molecule has 126 valence electrons. The Hall–Kier alpha value is -1.51. The maximum absolute atomic E-state index is 12.7. The van der Waals surface area contributed by atoms with Crippen molar-refractivity contribution in [2.24, 2.45) is 5.92 Å². The molecular formula is C13H19F3N2O4. The molecule has 2 fully saturated rings. The molecule has 9 heteroatoms. The van der Waals surface area contributed by atoms with Crippen LogP contribution in [0.15, 0.2) is 0 Å². The third kappa shape index (κ3) is 3.45. The maximum Gasteiger partial charge on any atom is 0.419 e. The second-order valence-corrected chi connectivity index (χ2v) is 6.04. The highest BCUT2D eigenvalue weighted by Gasteiger charge is 2.57. The van der Waals surface area contributed by atoms with Crippen LogP contribution in [-0.2, 0) is 4.79 Å². The Bertz CT molecular complexity index is 449. The summed E-state index contributed by atoms with van der Waals surface area (Å²) >= 11 is 0. The quantitative estimate of drug-likeness (QED) is 0.715. The zero-order valence-corrected chi connectivity index (χ0v) is 11.9. The van der Waals surface area contributed by atoms with E-state index in [2.05, 4.69) is 5.32 Å². The lowest BCUT2D eigenvalue weighted by molar-refractivity contribution is -0.253. The number of hydrogen-bond acceptors (Lipinski definition) is 3. The summed E-state index contributed by atoms with van der Waals surface area (Å²) < 4.78 is 38.1. The van der Waals surface area contributed by atoms with Gasteiger partial charge in [-0.1, -0.05) is 0 Å². The number of hydrogen-bond donors (Lipinski definition) is 3. The molecule has 0 aromatic carbocycles. The fraction of sp³-hybridized carbons (Fsp3) is 0.846. The van der Waals surface area contributed by atoms with Crippen molar-refractivity contribution in [2.75, 3.05) is 13.1 Å². The van der Waals surface area contributed by atoms with E-state index >= 15 is 0 Å². The second-order valence-electron chi connectivity index (χ2n) is 6.04. The van der Waals surface area contributed by atoms with Gasteiger partial charge in [-0.05, 0) is 25.7 Å². The largest absolute Gasteiger partial charge is 0.481 e. The summed E-state index contributed by atoms with van der Waals surface area (Å²) in [5.74, 6) is -1.28. The lowest BCUT2D eigenvalue weighted by atomic mass is 9.86. The van der Waals surface area contributed by atoms with E-state index in [1.807, 2.05) is 0 Å². The number of carboxylic acids is 1. The van der Waals surface area contributed by atoms with E-state index in [-0.39, 0.29) is 12.6 Å². The van der Waals surface area contributed by atoms with Gasteiger partial charge in [0, 0.05) is 19.0 Å². The number of halogens is 3. The van der Waals surface area contributed by atoms with Crippen molar-refractivity contribution >= 4 is 12.0 Å². The number of aliphatic carboxylic acids is 1. The van der Waals surface area contributed by atoms with Gasteiger partial charge in [0.2, 0.25) is 0 Å². The van der Waals surface area contributed by atoms with Crippen LogP contribution in [0.1, 0.15) is 32.1 Å². The third-order valence-electron chi connectivity index (χ3n) is 4.47. The maximum atomic E-state index is 12.7. The number of carbonyl (C=O) groups excluding carboxylic acids is 1. The van der Waals surface area contributed by atoms with Crippen molar-refractivity contribution in [1.82, 2.24) is 10.2 Å². The molecule has 1 atom stereocenters. The summed E-state index contributed by atoms with van der Waals surface area (Å²) in [4.78, 5) is 23.7. The van der Waals surface area contributed by atoms with Gasteiger partial charge in [-0.3, -0.25) is 4.79 Å². The first kappa shape index (κ1) is 16.9. The minimum absolute atomic E-state index is 0.160. The molecule has 0 spiro atoms. The molecule has 2 aliphatic rings. The Morgan fingerprint density at radius 1 is 1.18 bits per heavy atom. The van der Waals surface area contributed by atoms with Gasteiger partial charge in [0.15, 0.2) is 5.60 Å². The van der Waals surface area contributed by atoms with Crippen molar-refractivity contribution in [3.8, 4) is 0 Å². The number of urea groups is 1. The lowest BCUT2D eigenvalue weighted by Gasteiger charge is -2.29. The third-order valence-corrected chi connectivity index (χ3v) is 4.47. The molecule has 1 saturated heterocycles. The number of β-amino-alcohol motifs (C(OH)–C–C–N with tert-alkyl or cyclic N) is 1. The van der Waals surface area contributed by atoms with Crippen LogP contribution in [0, 0.1) is 5.92 Å². The molecule has 1 aliphatic carbocycles. The predicted octanol–water partition coefficient (Wildman–Crippen LogP) is 1.34. The Labute approximate surface area is 125 Å². The molecule has 3 N–H and O–H groups in total. The van der Waals surface area contributed by atoms with Crippen molar-refractivity contribution in [1.29, 1.82) is 0 Å². The number of aliphatic hydroxyl groups is 1. The molecule has 1 unspecified atom stereocenters. The number of amides is 2. The van der Waals surface area contributed by atoms with E-state index in [1.54, 1.807) is 0 Å². The molecule has 0 aromatic rings. The van der Waals surface area contributed by atoms with Crippen LogP contribution in [0.2, 0.25) is 0 Å². The number of carboxylic acid groups (broad SMARTS) is 1. The van der Waals surface area contributed by atoms with E-state index in [0.29, 0.717) is 25.7 Å². The van der Waals surface area contributed by atoms with Gasteiger partial charge in [0.05, 0.1) is 12.5 Å². The Morgan fingerprint density at radius 2 is 1.77 bits per heavy atom. The summed E-state index contributed by atoms with van der Waals surface area (Å²) in [6.45, 7) is -0.931. The zero-order valence-electron chi connectivity index (χ0n) is 11.9. The van der Waals surface area contributed by atoms with Crippen molar-refractivity contribution in [3.63, 3.8) is 0 Å². The standard InChI is InChI=1S/C13H19F3N2O4/c14-13(15,16)12(22)5-6-18(7-12)11(21)17-9-3-1-8(2-4-9)10(19)20/h8-9,22H,1-7H2,(H,17,21)(H,19,20). The minimum atomic E-state index is -4.76. The van der Waals surface area contributed by atoms with Crippen molar-refractivity contribution in [3.05, 3.63) is 0 Å². The fourth-order valence-corrected chi connectivity index (χ4v) is 2.95. The van der Waals surface area contributed by atoms with Gasteiger partial charge in [0.25, 0.3) is 0 Å². The van der Waals surface area contributed by atoms with Crippen molar-refractivity contribution in [2.45, 2.75) is 49.9 Å². The van der Waals surface area contributed by atoms with E-state index in [0.717, 1.165) is 4.90 Å². The number of rotatable bonds is 2. The summed E-state index contributed by atoms with van der Waals surface area (Å²) in [5.41, 5.74) is -2.84. The molecule has 0 bridgehead atoms. The highest BCUT2D eigenvalue weighted by Crippen LogP contribution is 2.37. The van der Waals surface area contributed by atoms with E-state index in [4.69, 9.17) is 5.11 Å². The molecule has 22 heavy (non-hydrogen) atoms. The summed E-state index contributed by atoms with van der Waals surface area (Å²) in [6, 6.07) is -0.873. The molecule has 1 aliphatic heterocycles. The van der Waals surface area contributed by atoms with Gasteiger partial charge >= 0.3 is 18.2 Å². The van der Waals surface area contributed by atoms with Gasteiger partial charge < -0.3 is 20.4 Å². The average Bonchev–Trinajstić information content (AvgIpc) is 2.83. The molecule has 0 radical (unpaired) electrons. The van der Waals surface area contributed by atoms with Gasteiger partial charge in [-0.25, -0.2) is 4.79 Å². The SMILES string of the molecule is O=C(O)C1CCC(NC(=O)N2CCC(O)(C(F)(F)F)C2)CC1. The van der Waals surface area contributed by atoms with Gasteiger partial charge in [-0.15, -0.1) is 0 Å². The van der Waals surface area contributed by atoms with Crippen LogP contribution in [0.3, 0.4) is 0 Å². The highest BCUT2D eigenvalue weighted by atomic mass is 19.4. The first-order valence-corrected chi connectivity index (χ1v) is 7.20. The van der Waals surface area contributed by atoms with Gasteiger partial charge in [0.1, 0.15) is 0 Å². The summed E-state index contributed by atoms with van der Waals surface area (Å²) in [5, 5.41) is 21.0. The number of alkyl halides is 3. The topological polar surface area (TPSA) is 89.9 Å². The van der Waals surface area contributed by atoms with E-state index < -0.39 is 42.7 Å². The van der Waals surface area contributed by atoms with Crippen molar-refractivity contribution < 1.29 is 33.0 Å². The highest BCUT2D eigenvalue weighted by molar-refractivity contribution is 5.75. The Morgan fingerprint density at radius 3 is 2.23 bits per heavy atom. The molecule has 1 saturated carbocycles. The predicted molar refractivity (Wildman–Crippen MR) is 69.1 cm³/mol. The molecule has 6 nitrogen and oxygen atoms in total. The van der Waals surface area contributed by atoms with Crippen LogP contribution in [0.5, 0.6) is 0 Å². The summed E-state index contributed by atoms with van der Waals surface area (Å²) in [6.07, 6.45) is -3.45. The lowest BCUT2D eigenvalue weighted by Crippen LogP contribution is -2.50. The summed E-state index contributed by atoms with van der Waals surface area (Å²) in [7, 11) is 0. The van der Waals surface area contributed by atoms with Crippen LogP contribution in [0.25, 0.3) is 0 Å². The van der Waals surface area contributed by atoms with Crippen LogP contribution in [0.4, 0.5) is 18.0 Å². The molecule has 0 aromatic heterocycles. The molecule has 1 heterocycles. The van der Waals surface area contributed by atoms with Crippen LogP contribution in [-0.4, -0.2) is 58.0 Å². The average molecular weight is 324 g/mol. The van der Waals surface area contributed by atoms with E-state index in [1.165, 1.54) is 0 Å². The fourth-order valence-electron chi connectivity index (χ4n) is 2.95. The first-order chi connectivity index (χ1) is 10.1. The number of likely N-dealkylation sites (tertiary alicyclic amines) is 1. The first-order valence-electron chi connectivity index (χ1n) is 7.20. The monoisotopic (exact) mass is 324 g/mol. The Kier molecular flexibility index (Phi) is 4.55. The number of nitrogens with one attached hydrogen (secondary N) is 1. The molecule has 2 amide bonds. The van der Waals surface area contributed by atoms with Crippen LogP contribution >= 0.6 is 0 Å². The smallest absolute Gasteiger partial charge is 0.419 e. The normalized spacial score (nSPS) is 32.8. The zero-order chi connectivity index (χ0) is 16.5. The van der Waals surface area contributed by atoms with Gasteiger partial charge in [-0.2, -0.15) is 13.2 Å². The number of carbonyl (C=O) groups is 2. The molecule has 2 rings (SSSR count). The minimum Gasteiger partial charge on any atom is -0.481 e.